The molecule has 2 atom stereocenters. The summed E-state index contributed by atoms with van der Waals surface area (Å²) < 4.78 is 0. The zero-order valence-corrected chi connectivity index (χ0v) is 10.8. The average molecular weight is 261 g/mol. The van der Waals surface area contributed by atoms with Crippen molar-refractivity contribution in [2.75, 3.05) is 4.90 Å². The molecule has 2 fully saturated rings. The van der Waals surface area contributed by atoms with Gasteiger partial charge < -0.3 is 10.0 Å². The second kappa shape index (κ2) is 3.90. The van der Waals surface area contributed by atoms with Crippen LogP contribution in [0.15, 0.2) is 17.8 Å². The molecule has 2 aromatic heterocycles. The lowest BCUT2D eigenvalue weighted by Crippen LogP contribution is -2.45. The third-order valence-corrected chi connectivity index (χ3v) is 5.01. The van der Waals surface area contributed by atoms with E-state index in [1.165, 1.54) is 12.8 Å². The molecule has 4 rings (SSSR count). The Labute approximate surface area is 109 Å². The van der Waals surface area contributed by atoms with Gasteiger partial charge in [0.15, 0.2) is 0 Å². The van der Waals surface area contributed by atoms with Gasteiger partial charge in [0.2, 0.25) is 0 Å². The summed E-state index contributed by atoms with van der Waals surface area (Å²) in [5.74, 6) is 1.07. The molecule has 0 amide bonds. The van der Waals surface area contributed by atoms with Gasteiger partial charge in [-0.1, -0.05) is 0 Å². The second-order valence-corrected chi connectivity index (χ2v) is 6.15. The van der Waals surface area contributed by atoms with E-state index >= 15 is 0 Å². The summed E-state index contributed by atoms with van der Waals surface area (Å²) in [5.41, 5.74) is 0. The van der Waals surface area contributed by atoms with Gasteiger partial charge in [-0.3, -0.25) is 0 Å². The van der Waals surface area contributed by atoms with Crippen LogP contribution >= 0.6 is 11.3 Å². The van der Waals surface area contributed by atoms with Crippen LogP contribution in [-0.4, -0.2) is 33.3 Å². The van der Waals surface area contributed by atoms with Crippen LogP contribution in [0.1, 0.15) is 25.7 Å². The second-order valence-electron chi connectivity index (χ2n) is 5.25. The molecule has 0 radical (unpaired) electrons. The maximum Gasteiger partial charge on any atom is 0.141 e. The lowest BCUT2D eigenvalue weighted by atomic mass is 10.00. The first-order valence-electron chi connectivity index (χ1n) is 6.47. The van der Waals surface area contributed by atoms with Crippen molar-refractivity contribution in [3.8, 4) is 0 Å². The Kier molecular flexibility index (Phi) is 2.32. The number of rotatable bonds is 1. The number of fused-ring (bicyclic) bond motifs is 3. The molecule has 2 aliphatic heterocycles. The molecule has 0 spiro atoms. The maximum atomic E-state index is 9.87. The van der Waals surface area contributed by atoms with Crippen LogP contribution in [0.2, 0.25) is 0 Å². The van der Waals surface area contributed by atoms with E-state index in [1.807, 2.05) is 0 Å². The Hall–Kier alpha value is -1.20. The van der Waals surface area contributed by atoms with E-state index < -0.39 is 0 Å². The molecule has 4 nitrogen and oxygen atoms in total. The van der Waals surface area contributed by atoms with Gasteiger partial charge in [0.05, 0.1) is 11.5 Å². The Balaban J connectivity index is 1.81. The molecule has 0 saturated carbocycles. The van der Waals surface area contributed by atoms with Crippen LogP contribution in [-0.2, 0) is 0 Å². The normalized spacial score (nSPS) is 31.2. The van der Waals surface area contributed by atoms with Gasteiger partial charge >= 0.3 is 0 Å². The van der Waals surface area contributed by atoms with Crippen LogP contribution in [0.3, 0.4) is 0 Å². The van der Waals surface area contributed by atoms with E-state index in [0.29, 0.717) is 12.1 Å². The van der Waals surface area contributed by atoms with Gasteiger partial charge in [-0.2, -0.15) is 0 Å². The Morgan fingerprint density at radius 2 is 2.00 bits per heavy atom. The molecule has 4 heterocycles. The number of hydrogen-bond donors (Lipinski definition) is 1. The molecule has 1 N–H and O–H groups in total. The van der Waals surface area contributed by atoms with Gasteiger partial charge in [-0.15, -0.1) is 11.3 Å². The van der Waals surface area contributed by atoms with Crippen molar-refractivity contribution >= 4 is 27.4 Å². The highest BCUT2D eigenvalue weighted by Crippen LogP contribution is 2.41. The van der Waals surface area contributed by atoms with Crippen molar-refractivity contribution in [1.29, 1.82) is 0 Å². The van der Waals surface area contributed by atoms with Gasteiger partial charge in [-0.25, -0.2) is 9.97 Å². The van der Waals surface area contributed by atoms with Crippen molar-refractivity contribution in [1.82, 2.24) is 9.97 Å². The monoisotopic (exact) mass is 261 g/mol. The highest BCUT2D eigenvalue weighted by atomic mass is 32.1. The quantitative estimate of drug-likeness (QED) is 0.855. The molecule has 2 bridgehead atoms. The van der Waals surface area contributed by atoms with Crippen LogP contribution in [0.5, 0.6) is 0 Å². The molecule has 0 aliphatic carbocycles. The molecule has 2 saturated heterocycles. The van der Waals surface area contributed by atoms with Gasteiger partial charge in [0.1, 0.15) is 17.0 Å². The summed E-state index contributed by atoms with van der Waals surface area (Å²) in [4.78, 5) is 12.3. The molecule has 94 valence electrons. The number of nitrogens with zero attached hydrogens (tertiary/aromatic N) is 3. The van der Waals surface area contributed by atoms with Crippen molar-refractivity contribution in [2.45, 2.75) is 43.9 Å². The summed E-state index contributed by atoms with van der Waals surface area (Å²) in [6.07, 6.45) is 5.66. The van der Waals surface area contributed by atoms with E-state index in [9.17, 15) is 5.11 Å². The fourth-order valence-electron chi connectivity index (χ4n) is 3.48. The number of aromatic nitrogens is 2. The predicted molar refractivity (Wildman–Crippen MR) is 71.9 cm³/mol. The van der Waals surface area contributed by atoms with Crippen LogP contribution in [0, 0.1) is 0 Å². The smallest absolute Gasteiger partial charge is 0.141 e. The van der Waals surface area contributed by atoms with Gasteiger partial charge in [0.25, 0.3) is 0 Å². The Bertz CT molecular complexity index is 570. The van der Waals surface area contributed by atoms with Gasteiger partial charge in [-0.05, 0) is 37.1 Å². The first kappa shape index (κ1) is 10.7. The molecular formula is C13H15N3OS. The van der Waals surface area contributed by atoms with Gasteiger partial charge in [0, 0.05) is 12.1 Å². The Morgan fingerprint density at radius 3 is 2.78 bits per heavy atom. The summed E-state index contributed by atoms with van der Waals surface area (Å²) in [7, 11) is 0. The molecule has 5 heteroatoms. The van der Waals surface area contributed by atoms with E-state index in [-0.39, 0.29) is 6.10 Å². The summed E-state index contributed by atoms with van der Waals surface area (Å²) in [6.45, 7) is 0. The number of aliphatic hydroxyl groups is 1. The van der Waals surface area contributed by atoms with Crippen LogP contribution in [0.25, 0.3) is 10.2 Å². The van der Waals surface area contributed by atoms with Crippen molar-refractivity contribution < 1.29 is 5.11 Å². The highest BCUT2D eigenvalue weighted by molar-refractivity contribution is 7.16. The third-order valence-electron chi connectivity index (χ3n) is 4.19. The molecule has 18 heavy (non-hydrogen) atoms. The first-order valence-corrected chi connectivity index (χ1v) is 7.35. The van der Waals surface area contributed by atoms with E-state index in [4.69, 9.17) is 0 Å². The number of piperidine rings is 1. The molecule has 2 aromatic rings. The molecule has 0 unspecified atom stereocenters. The number of anilines is 1. The highest BCUT2D eigenvalue weighted by Gasteiger charge is 2.41. The fraction of sp³-hybridized carbons (Fsp3) is 0.538. The van der Waals surface area contributed by atoms with Crippen molar-refractivity contribution in [2.24, 2.45) is 0 Å². The summed E-state index contributed by atoms with van der Waals surface area (Å²) >= 11 is 1.66. The third kappa shape index (κ3) is 1.47. The van der Waals surface area contributed by atoms with E-state index in [0.717, 1.165) is 28.9 Å². The summed E-state index contributed by atoms with van der Waals surface area (Å²) in [5, 5.41) is 13.1. The zero-order chi connectivity index (χ0) is 12.1. The lowest BCUT2D eigenvalue weighted by Gasteiger charge is -2.38. The van der Waals surface area contributed by atoms with Crippen molar-refractivity contribution in [3.63, 3.8) is 0 Å². The maximum absolute atomic E-state index is 9.87. The molecule has 2 aliphatic rings. The average Bonchev–Trinajstić information content (AvgIpc) is 2.92. The lowest BCUT2D eigenvalue weighted by molar-refractivity contribution is 0.126. The molecular weight excluding hydrogens is 246 g/mol. The van der Waals surface area contributed by atoms with E-state index in [1.54, 1.807) is 17.7 Å². The SMILES string of the molecule is OC1C[C@@H]2CC[C@@H](C1)N2c1ncnc2sccc12. The zero-order valence-electron chi connectivity index (χ0n) is 9.99. The van der Waals surface area contributed by atoms with Crippen molar-refractivity contribution in [3.05, 3.63) is 17.8 Å². The van der Waals surface area contributed by atoms with Crippen LogP contribution in [0.4, 0.5) is 5.82 Å². The molecule has 0 aromatic carbocycles. The minimum atomic E-state index is -0.126. The van der Waals surface area contributed by atoms with Crippen LogP contribution < -0.4 is 4.90 Å². The standard InChI is InChI=1S/C13H15N3OS/c17-10-5-8-1-2-9(6-10)16(8)12-11-3-4-18-13(11)15-7-14-12/h3-4,7-10,17H,1-2,5-6H2/t8-,9-/m0/s1. The first-order chi connectivity index (χ1) is 8.83. The minimum absolute atomic E-state index is 0.126. The number of hydrogen-bond acceptors (Lipinski definition) is 5. The topological polar surface area (TPSA) is 49.2 Å². The predicted octanol–water partition coefficient (Wildman–Crippen LogP) is 2.18. The minimum Gasteiger partial charge on any atom is -0.393 e. The number of aliphatic hydroxyl groups excluding tert-OH is 1. The van der Waals surface area contributed by atoms with E-state index in [2.05, 4.69) is 26.3 Å². The largest absolute Gasteiger partial charge is 0.393 e. The number of thiophene rings is 1. The Morgan fingerprint density at radius 1 is 1.22 bits per heavy atom. The summed E-state index contributed by atoms with van der Waals surface area (Å²) in [6, 6.07) is 3.02. The fourth-order valence-corrected chi connectivity index (χ4v) is 4.20.